The highest BCUT2D eigenvalue weighted by atomic mass is 16.5. The van der Waals surface area contributed by atoms with Gasteiger partial charge in [0.15, 0.2) is 0 Å². The van der Waals surface area contributed by atoms with Crippen LogP contribution in [0, 0.1) is 5.41 Å². The summed E-state index contributed by atoms with van der Waals surface area (Å²) in [6.45, 7) is 5.54. The third-order valence-electron chi connectivity index (χ3n) is 2.84. The van der Waals surface area contributed by atoms with Crippen molar-refractivity contribution < 1.29 is 4.74 Å². The SMILES string of the molecule is COC1N(c2ccccc2)CC1(C)C. The third-order valence-corrected chi connectivity index (χ3v) is 2.84. The van der Waals surface area contributed by atoms with Crippen LogP contribution in [0.4, 0.5) is 5.69 Å². The second-order valence-electron chi connectivity index (χ2n) is 4.54. The molecule has 1 fully saturated rings. The Morgan fingerprint density at radius 3 is 2.43 bits per heavy atom. The van der Waals surface area contributed by atoms with Crippen LogP contribution < -0.4 is 4.90 Å². The molecule has 1 aliphatic heterocycles. The summed E-state index contributed by atoms with van der Waals surface area (Å²) in [6.07, 6.45) is 0.213. The molecule has 0 aliphatic carbocycles. The molecular formula is C12H17NO. The van der Waals surface area contributed by atoms with Gasteiger partial charge in [0.25, 0.3) is 0 Å². The van der Waals surface area contributed by atoms with E-state index in [0.717, 1.165) is 6.54 Å². The van der Waals surface area contributed by atoms with Crippen LogP contribution in [-0.2, 0) is 4.74 Å². The first-order valence-corrected chi connectivity index (χ1v) is 4.99. The van der Waals surface area contributed by atoms with E-state index in [2.05, 4.69) is 43.0 Å². The lowest BCUT2D eigenvalue weighted by Crippen LogP contribution is -2.63. The van der Waals surface area contributed by atoms with E-state index in [1.165, 1.54) is 5.69 Å². The molecule has 0 N–H and O–H groups in total. The smallest absolute Gasteiger partial charge is 0.136 e. The highest BCUT2D eigenvalue weighted by molar-refractivity contribution is 5.50. The van der Waals surface area contributed by atoms with Crippen LogP contribution in [0.2, 0.25) is 0 Å². The first-order chi connectivity index (χ1) is 6.65. The standard InChI is InChI=1S/C12H17NO/c1-12(2)9-13(11(12)14-3)10-7-5-4-6-8-10/h4-8,11H,9H2,1-3H3. The van der Waals surface area contributed by atoms with Gasteiger partial charge in [-0.15, -0.1) is 0 Å². The van der Waals surface area contributed by atoms with Gasteiger partial charge in [0, 0.05) is 24.8 Å². The first kappa shape index (κ1) is 9.53. The molecule has 0 aromatic heterocycles. The molecule has 1 unspecified atom stereocenters. The minimum Gasteiger partial charge on any atom is -0.361 e. The Bertz CT molecular complexity index is 307. The minimum atomic E-state index is 0.213. The predicted octanol–water partition coefficient (Wildman–Crippen LogP) is 2.51. The van der Waals surface area contributed by atoms with E-state index >= 15 is 0 Å². The van der Waals surface area contributed by atoms with E-state index in [9.17, 15) is 0 Å². The Morgan fingerprint density at radius 2 is 1.93 bits per heavy atom. The first-order valence-electron chi connectivity index (χ1n) is 4.99. The van der Waals surface area contributed by atoms with Gasteiger partial charge in [-0.05, 0) is 12.1 Å². The molecular weight excluding hydrogens is 174 g/mol. The molecule has 14 heavy (non-hydrogen) atoms. The van der Waals surface area contributed by atoms with Gasteiger partial charge in [-0.2, -0.15) is 0 Å². The van der Waals surface area contributed by atoms with E-state index in [1.54, 1.807) is 7.11 Å². The van der Waals surface area contributed by atoms with E-state index in [4.69, 9.17) is 4.74 Å². The molecule has 76 valence electrons. The Kier molecular flexibility index (Phi) is 2.23. The number of anilines is 1. The van der Waals surface area contributed by atoms with Gasteiger partial charge >= 0.3 is 0 Å². The molecule has 0 radical (unpaired) electrons. The van der Waals surface area contributed by atoms with Gasteiger partial charge in [0.05, 0.1) is 0 Å². The predicted molar refractivity (Wildman–Crippen MR) is 58.4 cm³/mol. The number of hydrogen-bond donors (Lipinski definition) is 0. The molecule has 1 heterocycles. The van der Waals surface area contributed by atoms with Crippen LogP contribution in [-0.4, -0.2) is 19.9 Å². The number of para-hydroxylation sites is 1. The third kappa shape index (κ3) is 1.40. The number of benzene rings is 1. The fraction of sp³-hybridized carbons (Fsp3) is 0.500. The Balaban J connectivity index is 2.16. The topological polar surface area (TPSA) is 12.5 Å². The van der Waals surface area contributed by atoms with Crippen molar-refractivity contribution in [1.29, 1.82) is 0 Å². The van der Waals surface area contributed by atoms with Crippen LogP contribution in [0.3, 0.4) is 0 Å². The molecule has 1 atom stereocenters. The molecule has 0 saturated carbocycles. The fourth-order valence-corrected chi connectivity index (χ4v) is 2.20. The van der Waals surface area contributed by atoms with Gasteiger partial charge in [-0.25, -0.2) is 0 Å². The highest BCUT2D eigenvalue weighted by Gasteiger charge is 2.45. The van der Waals surface area contributed by atoms with Crippen molar-refractivity contribution >= 4 is 5.69 Å². The summed E-state index contributed by atoms with van der Waals surface area (Å²) in [6, 6.07) is 10.4. The molecule has 0 spiro atoms. The van der Waals surface area contributed by atoms with Crippen molar-refractivity contribution in [3.8, 4) is 0 Å². The second kappa shape index (κ2) is 3.28. The molecule has 2 heteroatoms. The Labute approximate surface area is 85.5 Å². The summed E-state index contributed by atoms with van der Waals surface area (Å²) < 4.78 is 5.49. The number of methoxy groups -OCH3 is 1. The Hall–Kier alpha value is -1.02. The summed E-state index contributed by atoms with van der Waals surface area (Å²) >= 11 is 0. The summed E-state index contributed by atoms with van der Waals surface area (Å²) in [5, 5.41) is 0. The van der Waals surface area contributed by atoms with Gasteiger partial charge in [-0.3, -0.25) is 0 Å². The summed E-state index contributed by atoms with van der Waals surface area (Å²) in [5.41, 5.74) is 1.52. The number of hydrogen-bond acceptors (Lipinski definition) is 2. The lowest BCUT2D eigenvalue weighted by Gasteiger charge is -2.54. The average molecular weight is 191 g/mol. The van der Waals surface area contributed by atoms with Crippen LogP contribution in [0.5, 0.6) is 0 Å². The van der Waals surface area contributed by atoms with Crippen molar-refractivity contribution in [2.45, 2.75) is 20.1 Å². The van der Waals surface area contributed by atoms with Crippen molar-refractivity contribution in [1.82, 2.24) is 0 Å². The lowest BCUT2D eigenvalue weighted by atomic mass is 9.81. The molecule has 2 nitrogen and oxygen atoms in total. The molecule has 2 rings (SSSR count). The fourth-order valence-electron chi connectivity index (χ4n) is 2.20. The van der Waals surface area contributed by atoms with Gasteiger partial charge in [-0.1, -0.05) is 32.0 Å². The van der Waals surface area contributed by atoms with Crippen LogP contribution in [0.25, 0.3) is 0 Å². The number of nitrogens with zero attached hydrogens (tertiary/aromatic N) is 1. The molecule has 1 aliphatic rings. The zero-order chi connectivity index (χ0) is 10.2. The maximum atomic E-state index is 5.49. The van der Waals surface area contributed by atoms with Crippen molar-refractivity contribution in [3.63, 3.8) is 0 Å². The largest absolute Gasteiger partial charge is 0.361 e. The van der Waals surface area contributed by atoms with E-state index in [-0.39, 0.29) is 11.6 Å². The molecule has 1 saturated heterocycles. The zero-order valence-electron chi connectivity index (χ0n) is 9.03. The van der Waals surface area contributed by atoms with Gasteiger partial charge < -0.3 is 9.64 Å². The van der Waals surface area contributed by atoms with E-state index in [0.29, 0.717) is 0 Å². The summed E-state index contributed by atoms with van der Waals surface area (Å²) in [5.74, 6) is 0. The van der Waals surface area contributed by atoms with Gasteiger partial charge in [0.2, 0.25) is 0 Å². The normalized spacial score (nSPS) is 24.5. The van der Waals surface area contributed by atoms with Crippen LogP contribution >= 0.6 is 0 Å². The van der Waals surface area contributed by atoms with Crippen molar-refractivity contribution in [2.75, 3.05) is 18.6 Å². The van der Waals surface area contributed by atoms with Crippen LogP contribution in [0.15, 0.2) is 30.3 Å². The van der Waals surface area contributed by atoms with E-state index in [1.807, 2.05) is 6.07 Å². The number of rotatable bonds is 2. The second-order valence-corrected chi connectivity index (χ2v) is 4.54. The maximum Gasteiger partial charge on any atom is 0.136 e. The molecule has 0 bridgehead atoms. The average Bonchev–Trinajstić information content (AvgIpc) is 2.17. The van der Waals surface area contributed by atoms with Gasteiger partial charge in [0.1, 0.15) is 6.23 Å². The highest BCUT2D eigenvalue weighted by Crippen LogP contribution is 2.40. The summed E-state index contributed by atoms with van der Waals surface area (Å²) in [4.78, 5) is 2.29. The Morgan fingerprint density at radius 1 is 1.29 bits per heavy atom. The van der Waals surface area contributed by atoms with Crippen LogP contribution in [0.1, 0.15) is 13.8 Å². The van der Waals surface area contributed by atoms with E-state index < -0.39 is 0 Å². The molecule has 0 amide bonds. The molecule has 1 aromatic carbocycles. The minimum absolute atomic E-state index is 0.213. The lowest BCUT2D eigenvalue weighted by molar-refractivity contribution is -0.0477. The zero-order valence-corrected chi connectivity index (χ0v) is 9.03. The van der Waals surface area contributed by atoms with Crippen molar-refractivity contribution in [2.24, 2.45) is 5.41 Å². The quantitative estimate of drug-likeness (QED) is 0.712. The van der Waals surface area contributed by atoms with Crippen molar-refractivity contribution in [3.05, 3.63) is 30.3 Å². The maximum absolute atomic E-state index is 5.49. The molecule has 1 aromatic rings. The summed E-state index contributed by atoms with van der Waals surface area (Å²) in [7, 11) is 1.78. The number of ether oxygens (including phenoxy) is 1. The monoisotopic (exact) mass is 191 g/mol.